The first-order chi connectivity index (χ1) is 12.5. The number of thioether (sulfide) groups is 1. The molecule has 0 spiro atoms. The summed E-state index contributed by atoms with van der Waals surface area (Å²) >= 11 is 2.01. The lowest BCUT2D eigenvalue weighted by Crippen LogP contribution is -2.50. The minimum absolute atomic E-state index is 0.0221. The fourth-order valence-corrected chi connectivity index (χ4v) is 3.99. The quantitative estimate of drug-likeness (QED) is 0.558. The Hall–Kier alpha value is -1.60. The molecular weight excluding hydrogens is 350 g/mol. The van der Waals surface area contributed by atoms with E-state index in [0.717, 1.165) is 36.9 Å². The van der Waals surface area contributed by atoms with Gasteiger partial charge in [-0.1, -0.05) is 6.07 Å². The van der Waals surface area contributed by atoms with E-state index in [1.807, 2.05) is 30.0 Å². The standard InChI is InChI=1S/C19H31N3O3S/c1-5-20-18(22-8-11-26-19(2,3)14-22)21-13-15-6-7-16(25-10-9-23)17(12-15)24-4/h6-7,12,23H,5,8-11,13-14H2,1-4H3,(H,20,21). The van der Waals surface area contributed by atoms with Gasteiger partial charge in [0, 0.05) is 30.1 Å². The number of hydrogen-bond acceptors (Lipinski definition) is 5. The number of ether oxygens (including phenoxy) is 2. The van der Waals surface area contributed by atoms with Crippen molar-refractivity contribution in [3.05, 3.63) is 23.8 Å². The van der Waals surface area contributed by atoms with Crippen molar-refractivity contribution in [1.82, 2.24) is 10.2 Å². The molecule has 7 heteroatoms. The van der Waals surface area contributed by atoms with Crippen LogP contribution in [0.5, 0.6) is 11.5 Å². The summed E-state index contributed by atoms with van der Waals surface area (Å²) in [6, 6.07) is 5.79. The van der Waals surface area contributed by atoms with E-state index in [9.17, 15) is 0 Å². The number of methoxy groups -OCH3 is 1. The lowest BCUT2D eigenvalue weighted by molar-refractivity contribution is 0.196. The highest BCUT2D eigenvalue weighted by molar-refractivity contribution is 8.00. The summed E-state index contributed by atoms with van der Waals surface area (Å²) in [6.45, 7) is 10.3. The van der Waals surface area contributed by atoms with Gasteiger partial charge in [-0.25, -0.2) is 4.99 Å². The molecule has 146 valence electrons. The van der Waals surface area contributed by atoms with Crippen molar-refractivity contribution < 1.29 is 14.6 Å². The van der Waals surface area contributed by atoms with E-state index in [-0.39, 0.29) is 18.0 Å². The number of nitrogens with zero attached hydrogens (tertiary/aromatic N) is 2. The molecule has 0 saturated carbocycles. The molecule has 0 aromatic heterocycles. The average molecular weight is 382 g/mol. The second-order valence-corrected chi connectivity index (χ2v) is 8.56. The number of guanidine groups is 1. The fraction of sp³-hybridized carbons (Fsp3) is 0.632. The van der Waals surface area contributed by atoms with Gasteiger partial charge in [-0.2, -0.15) is 11.8 Å². The topological polar surface area (TPSA) is 66.3 Å². The molecule has 1 aromatic rings. The first-order valence-corrected chi connectivity index (χ1v) is 10.1. The summed E-state index contributed by atoms with van der Waals surface area (Å²) in [4.78, 5) is 7.17. The third-order valence-corrected chi connectivity index (χ3v) is 5.35. The summed E-state index contributed by atoms with van der Waals surface area (Å²) < 4.78 is 11.1. The highest BCUT2D eigenvalue weighted by Crippen LogP contribution is 2.30. The molecule has 0 bridgehead atoms. The molecular formula is C19H31N3O3S. The first-order valence-electron chi connectivity index (χ1n) is 9.07. The van der Waals surface area contributed by atoms with Crippen molar-refractivity contribution in [3.8, 4) is 11.5 Å². The van der Waals surface area contributed by atoms with Crippen LogP contribution in [0.2, 0.25) is 0 Å². The highest BCUT2D eigenvalue weighted by Gasteiger charge is 2.28. The fourth-order valence-electron chi connectivity index (χ4n) is 2.87. The molecule has 0 aliphatic carbocycles. The van der Waals surface area contributed by atoms with Gasteiger partial charge in [0.15, 0.2) is 17.5 Å². The van der Waals surface area contributed by atoms with Crippen LogP contribution in [0, 0.1) is 0 Å². The van der Waals surface area contributed by atoms with Crippen molar-refractivity contribution in [2.24, 2.45) is 4.99 Å². The molecule has 0 unspecified atom stereocenters. The third kappa shape index (κ3) is 5.99. The number of aliphatic hydroxyl groups excluding tert-OH is 1. The number of hydrogen-bond donors (Lipinski definition) is 2. The van der Waals surface area contributed by atoms with Crippen molar-refractivity contribution in [1.29, 1.82) is 0 Å². The van der Waals surface area contributed by atoms with E-state index < -0.39 is 0 Å². The first kappa shape index (κ1) is 20.7. The number of rotatable bonds is 7. The van der Waals surface area contributed by atoms with Crippen LogP contribution in [-0.4, -0.2) is 66.4 Å². The maximum absolute atomic E-state index is 8.91. The highest BCUT2D eigenvalue weighted by atomic mass is 32.2. The zero-order valence-electron chi connectivity index (χ0n) is 16.2. The van der Waals surface area contributed by atoms with Gasteiger partial charge < -0.3 is 24.8 Å². The molecule has 2 rings (SSSR count). The van der Waals surface area contributed by atoms with Gasteiger partial charge >= 0.3 is 0 Å². The van der Waals surface area contributed by atoms with E-state index in [1.54, 1.807) is 7.11 Å². The second-order valence-electron chi connectivity index (χ2n) is 6.76. The third-order valence-electron chi connectivity index (χ3n) is 4.05. The molecule has 2 N–H and O–H groups in total. The average Bonchev–Trinajstić information content (AvgIpc) is 2.62. The van der Waals surface area contributed by atoms with Crippen LogP contribution in [0.1, 0.15) is 26.3 Å². The molecule has 1 aliphatic rings. The summed E-state index contributed by atoms with van der Waals surface area (Å²) in [7, 11) is 1.62. The minimum Gasteiger partial charge on any atom is -0.493 e. The molecule has 1 heterocycles. The van der Waals surface area contributed by atoms with Gasteiger partial charge in [0.1, 0.15) is 6.61 Å². The SMILES string of the molecule is CCNC(=NCc1ccc(OCCO)c(OC)c1)N1CCSC(C)(C)C1. The van der Waals surface area contributed by atoms with Gasteiger partial charge in [0.2, 0.25) is 0 Å². The Labute approximate surface area is 161 Å². The molecule has 1 fully saturated rings. The zero-order chi connectivity index (χ0) is 19.0. The number of benzene rings is 1. The van der Waals surface area contributed by atoms with Crippen molar-refractivity contribution >= 4 is 17.7 Å². The van der Waals surface area contributed by atoms with E-state index in [0.29, 0.717) is 18.0 Å². The second kappa shape index (κ2) is 9.92. The van der Waals surface area contributed by atoms with Crippen LogP contribution >= 0.6 is 11.8 Å². The molecule has 26 heavy (non-hydrogen) atoms. The Kier molecular flexibility index (Phi) is 7.90. The van der Waals surface area contributed by atoms with Crippen LogP contribution in [0.4, 0.5) is 0 Å². The van der Waals surface area contributed by atoms with Crippen molar-refractivity contribution in [2.75, 3.05) is 45.7 Å². The van der Waals surface area contributed by atoms with E-state index >= 15 is 0 Å². The monoisotopic (exact) mass is 381 g/mol. The van der Waals surface area contributed by atoms with E-state index in [2.05, 4.69) is 31.0 Å². The maximum atomic E-state index is 8.91. The molecule has 1 aromatic carbocycles. The van der Waals surface area contributed by atoms with E-state index in [1.165, 1.54) is 0 Å². The largest absolute Gasteiger partial charge is 0.493 e. The normalized spacial score (nSPS) is 17.1. The summed E-state index contributed by atoms with van der Waals surface area (Å²) in [5, 5.41) is 12.3. The zero-order valence-corrected chi connectivity index (χ0v) is 17.1. The van der Waals surface area contributed by atoms with Crippen LogP contribution < -0.4 is 14.8 Å². The predicted octanol–water partition coefficient (Wildman–Crippen LogP) is 2.36. The summed E-state index contributed by atoms with van der Waals surface area (Å²) in [5.74, 6) is 3.37. The summed E-state index contributed by atoms with van der Waals surface area (Å²) in [6.07, 6.45) is 0. The van der Waals surface area contributed by atoms with Crippen LogP contribution in [0.15, 0.2) is 23.2 Å². The number of aliphatic imine (C=N–C) groups is 1. The lowest BCUT2D eigenvalue weighted by atomic mass is 10.2. The lowest BCUT2D eigenvalue weighted by Gasteiger charge is -2.39. The molecule has 6 nitrogen and oxygen atoms in total. The number of aliphatic hydroxyl groups is 1. The molecule has 0 amide bonds. The van der Waals surface area contributed by atoms with Crippen LogP contribution in [-0.2, 0) is 6.54 Å². The maximum Gasteiger partial charge on any atom is 0.194 e. The summed E-state index contributed by atoms with van der Waals surface area (Å²) in [5.41, 5.74) is 1.05. The Balaban J connectivity index is 2.11. The Morgan fingerprint density at radius 3 is 2.85 bits per heavy atom. The molecule has 1 saturated heterocycles. The Bertz CT molecular complexity index is 608. The van der Waals surface area contributed by atoms with Gasteiger partial charge in [-0.3, -0.25) is 0 Å². The van der Waals surface area contributed by atoms with Gasteiger partial charge in [-0.05, 0) is 38.5 Å². The van der Waals surface area contributed by atoms with Gasteiger partial charge in [0.05, 0.1) is 20.3 Å². The van der Waals surface area contributed by atoms with Gasteiger partial charge in [0.25, 0.3) is 0 Å². The van der Waals surface area contributed by atoms with E-state index in [4.69, 9.17) is 19.6 Å². The molecule has 1 aliphatic heterocycles. The Morgan fingerprint density at radius 1 is 1.38 bits per heavy atom. The molecule has 0 radical (unpaired) electrons. The van der Waals surface area contributed by atoms with Crippen LogP contribution in [0.3, 0.4) is 0 Å². The Morgan fingerprint density at radius 2 is 2.19 bits per heavy atom. The smallest absolute Gasteiger partial charge is 0.194 e. The van der Waals surface area contributed by atoms with Gasteiger partial charge in [-0.15, -0.1) is 0 Å². The minimum atomic E-state index is -0.0221. The predicted molar refractivity (Wildman–Crippen MR) is 109 cm³/mol. The van der Waals surface area contributed by atoms with Crippen molar-refractivity contribution in [2.45, 2.75) is 32.1 Å². The van der Waals surface area contributed by atoms with Crippen molar-refractivity contribution in [3.63, 3.8) is 0 Å². The van der Waals surface area contributed by atoms with Crippen LogP contribution in [0.25, 0.3) is 0 Å². The molecule has 0 atom stereocenters. The number of nitrogens with one attached hydrogen (secondary N) is 1.